The molecule has 0 aliphatic carbocycles. The van der Waals surface area contributed by atoms with E-state index >= 15 is 0 Å². The first-order valence-electron chi connectivity index (χ1n) is 3.31. The molecule has 0 fully saturated rings. The molecule has 0 aromatic heterocycles. The maximum atomic E-state index is 10.8. The predicted octanol–water partition coefficient (Wildman–Crippen LogP) is -0.144. The van der Waals surface area contributed by atoms with Crippen molar-refractivity contribution in [3.63, 3.8) is 0 Å². The molecule has 0 rings (SSSR count). The van der Waals surface area contributed by atoms with Crippen LogP contribution >= 0.6 is 0 Å². The van der Waals surface area contributed by atoms with Crippen LogP contribution in [0.4, 0.5) is 0 Å². The number of aliphatic carboxylic acids is 1. The van der Waals surface area contributed by atoms with Crippen molar-refractivity contribution in [3.8, 4) is 0 Å². The van der Waals surface area contributed by atoms with Gasteiger partial charge < -0.3 is 9.84 Å². The Kier molecular flexibility index (Phi) is 6.06. The maximum absolute atomic E-state index is 10.8. The molecule has 1 N–H and O–H groups in total. The average Bonchev–Trinajstić information content (AvgIpc) is 1.86. The van der Waals surface area contributed by atoms with E-state index in [1.807, 2.05) is 6.92 Å². The molecule has 0 amide bonds. The summed E-state index contributed by atoms with van der Waals surface area (Å²) in [5.41, 5.74) is 0. The number of rotatable bonds is 6. The molecule has 5 heteroatoms. The zero-order valence-electron chi connectivity index (χ0n) is 6.41. The topological polar surface area (TPSA) is 63.6 Å². The van der Waals surface area contributed by atoms with E-state index in [2.05, 4.69) is 0 Å². The highest BCUT2D eigenvalue weighted by Crippen LogP contribution is 1.83. The monoisotopic (exact) mass is 180 g/mol. The first-order chi connectivity index (χ1) is 5.16. The summed E-state index contributed by atoms with van der Waals surface area (Å²) in [7, 11) is -1.28. The van der Waals surface area contributed by atoms with Crippen molar-refractivity contribution in [3.05, 3.63) is 0 Å². The van der Waals surface area contributed by atoms with Crippen LogP contribution in [0.25, 0.3) is 0 Å². The predicted molar refractivity (Wildman–Crippen MR) is 42.0 cm³/mol. The molecule has 0 aromatic rings. The third-order valence-corrected chi connectivity index (χ3v) is 2.13. The van der Waals surface area contributed by atoms with Crippen LogP contribution in [0, 0.1) is 0 Å². The SMILES string of the molecule is CCOCCS(=O)CC(=O)O. The fourth-order valence-electron chi connectivity index (χ4n) is 0.506. The Morgan fingerprint density at radius 1 is 1.64 bits per heavy atom. The second-order valence-electron chi connectivity index (χ2n) is 1.88. The van der Waals surface area contributed by atoms with Crippen LogP contribution in [0.15, 0.2) is 0 Å². The van der Waals surface area contributed by atoms with Crippen LogP contribution in [-0.4, -0.2) is 40.0 Å². The standard InChI is InChI=1S/C6H12O4S/c1-2-10-3-4-11(9)5-6(7)8/h2-5H2,1H3,(H,7,8). The third kappa shape index (κ3) is 7.48. The molecule has 0 saturated heterocycles. The van der Waals surface area contributed by atoms with Gasteiger partial charge in [-0.3, -0.25) is 9.00 Å². The van der Waals surface area contributed by atoms with Gasteiger partial charge in [-0.1, -0.05) is 0 Å². The van der Waals surface area contributed by atoms with E-state index in [4.69, 9.17) is 9.84 Å². The number of hydrogen-bond donors (Lipinski definition) is 1. The molecule has 1 unspecified atom stereocenters. The van der Waals surface area contributed by atoms with Crippen LogP contribution in [-0.2, 0) is 20.3 Å². The number of ether oxygens (including phenoxy) is 1. The summed E-state index contributed by atoms with van der Waals surface area (Å²) in [6.07, 6.45) is 0. The van der Waals surface area contributed by atoms with Gasteiger partial charge in [0.1, 0.15) is 5.75 Å². The van der Waals surface area contributed by atoms with Crippen LogP contribution < -0.4 is 0 Å². The van der Waals surface area contributed by atoms with Crippen LogP contribution in [0.5, 0.6) is 0 Å². The van der Waals surface area contributed by atoms with Crippen molar-refractivity contribution in [2.45, 2.75) is 6.92 Å². The second-order valence-corrected chi connectivity index (χ2v) is 3.46. The lowest BCUT2D eigenvalue weighted by molar-refractivity contribution is -0.133. The van der Waals surface area contributed by atoms with Crippen molar-refractivity contribution >= 4 is 16.8 Å². The summed E-state index contributed by atoms with van der Waals surface area (Å²) in [4.78, 5) is 10.0. The number of hydrogen-bond acceptors (Lipinski definition) is 3. The normalized spacial score (nSPS) is 12.8. The van der Waals surface area contributed by atoms with Gasteiger partial charge in [0.25, 0.3) is 0 Å². The van der Waals surface area contributed by atoms with Gasteiger partial charge in [-0.05, 0) is 6.92 Å². The minimum Gasteiger partial charge on any atom is -0.481 e. The molecule has 0 heterocycles. The number of carbonyl (C=O) groups is 1. The lowest BCUT2D eigenvalue weighted by Gasteiger charge is -1.98. The fraction of sp³-hybridized carbons (Fsp3) is 0.833. The second kappa shape index (κ2) is 6.30. The summed E-state index contributed by atoms with van der Waals surface area (Å²) < 4.78 is 15.7. The minimum absolute atomic E-state index is 0.285. The zero-order valence-corrected chi connectivity index (χ0v) is 7.23. The quantitative estimate of drug-likeness (QED) is 0.578. The number of carboxylic acid groups (broad SMARTS) is 1. The van der Waals surface area contributed by atoms with Crippen molar-refractivity contribution in [2.75, 3.05) is 24.7 Å². The van der Waals surface area contributed by atoms with E-state index in [1.54, 1.807) is 0 Å². The molecule has 11 heavy (non-hydrogen) atoms. The first-order valence-corrected chi connectivity index (χ1v) is 4.80. The minimum atomic E-state index is -1.28. The van der Waals surface area contributed by atoms with Crippen LogP contribution in [0.2, 0.25) is 0 Å². The molecular formula is C6H12O4S. The molecule has 66 valence electrons. The highest BCUT2D eigenvalue weighted by atomic mass is 32.2. The lowest BCUT2D eigenvalue weighted by Crippen LogP contribution is -2.14. The number of carboxylic acids is 1. The molecular weight excluding hydrogens is 168 g/mol. The summed E-state index contributed by atoms with van der Waals surface area (Å²) in [6.45, 7) is 2.78. The fourth-order valence-corrected chi connectivity index (χ4v) is 1.23. The Labute approximate surface area is 68.0 Å². The van der Waals surface area contributed by atoms with E-state index in [-0.39, 0.29) is 5.75 Å². The van der Waals surface area contributed by atoms with Gasteiger partial charge in [-0.25, -0.2) is 0 Å². The Bertz CT molecular complexity index is 146. The maximum Gasteiger partial charge on any atom is 0.316 e. The zero-order chi connectivity index (χ0) is 8.69. The molecule has 0 aliphatic heterocycles. The largest absolute Gasteiger partial charge is 0.481 e. The molecule has 0 bridgehead atoms. The van der Waals surface area contributed by atoms with Gasteiger partial charge in [-0.15, -0.1) is 0 Å². The van der Waals surface area contributed by atoms with Gasteiger partial charge in [0.15, 0.2) is 0 Å². The summed E-state index contributed by atoms with van der Waals surface area (Å²) in [6, 6.07) is 0. The van der Waals surface area contributed by atoms with E-state index in [0.29, 0.717) is 19.0 Å². The molecule has 0 spiro atoms. The van der Waals surface area contributed by atoms with Gasteiger partial charge in [0.05, 0.1) is 6.61 Å². The Morgan fingerprint density at radius 3 is 2.73 bits per heavy atom. The molecule has 0 radical (unpaired) electrons. The van der Waals surface area contributed by atoms with E-state index < -0.39 is 16.8 Å². The van der Waals surface area contributed by atoms with E-state index in [1.165, 1.54) is 0 Å². The van der Waals surface area contributed by atoms with Gasteiger partial charge >= 0.3 is 5.97 Å². The summed E-state index contributed by atoms with van der Waals surface area (Å²) >= 11 is 0. The molecule has 0 saturated carbocycles. The average molecular weight is 180 g/mol. The Morgan fingerprint density at radius 2 is 2.27 bits per heavy atom. The van der Waals surface area contributed by atoms with Gasteiger partial charge in [0, 0.05) is 23.2 Å². The molecule has 4 nitrogen and oxygen atoms in total. The van der Waals surface area contributed by atoms with Crippen molar-refractivity contribution in [1.82, 2.24) is 0 Å². The third-order valence-electron chi connectivity index (χ3n) is 0.944. The molecule has 0 aliphatic rings. The van der Waals surface area contributed by atoms with Crippen molar-refractivity contribution in [1.29, 1.82) is 0 Å². The smallest absolute Gasteiger partial charge is 0.316 e. The van der Waals surface area contributed by atoms with Gasteiger partial charge in [0.2, 0.25) is 0 Å². The summed E-state index contributed by atoms with van der Waals surface area (Å²) in [5.74, 6) is -1.01. The Hall–Kier alpha value is -0.420. The highest BCUT2D eigenvalue weighted by Gasteiger charge is 2.04. The molecule has 0 aromatic carbocycles. The first kappa shape index (κ1) is 10.6. The molecule has 1 atom stereocenters. The Balaban J connectivity index is 3.30. The highest BCUT2D eigenvalue weighted by molar-refractivity contribution is 7.85. The van der Waals surface area contributed by atoms with E-state index in [0.717, 1.165) is 0 Å². The van der Waals surface area contributed by atoms with E-state index in [9.17, 15) is 9.00 Å². The lowest BCUT2D eigenvalue weighted by atomic mass is 10.8. The summed E-state index contributed by atoms with van der Waals surface area (Å²) in [5, 5.41) is 8.21. The van der Waals surface area contributed by atoms with Crippen molar-refractivity contribution < 1.29 is 18.8 Å². The van der Waals surface area contributed by atoms with Gasteiger partial charge in [-0.2, -0.15) is 0 Å². The van der Waals surface area contributed by atoms with Crippen molar-refractivity contribution in [2.24, 2.45) is 0 Å². The van der Waals surface area contributed by atoms with Crippen LogP contribution in [0.1, 0.15) is 6.92 Å². The van der Waals surface area contributed by atoms with Crippen LogP contribution in [0.3, 0.4) is 0 Å².